The molecule has 1 atom stereocenters. The second-order valence-corrected chi connectivity index (χ2v) is 10.9. The number of halogens is 1. The Hall–Kier alpha value is -2.58. The normalized spacial score (nSPS) is 12.1. The van der Waals surface area contributed by atoms with Crippen LogP contribution in [0.5, 0.6) is 0 Å². The third-order valence-electron chi connectivity index (χ3n) is 5.79. The van der Waals surface area contributed by atoms with Crippen LogP contribution in [0.25, 0.3) is 0 Å². The first kappa shape index (κ1) is 28.7. The van der Waals surface area contributed by atoms with Crippen LogP contribution in [0.3, 0.4) is 0 Å². The summed E-state index contributed by atoms with van der Waals surface area (Å²) in [4.78, 5) is 27.9. The molecule has 0 aromatic heterocycles. The van der Waals surface area contributed by atoms with Crippen molar-refractivity contribution in [1.29, 1.82) is 0 Å². The first-order chi connectivity index (χ1) is 16.6. The molecule has 0 fully saturated rings. The van der Waals surface area contributed by atoms with Crippen molar-refractivity contribution in [3.05, 3.63) is 64.7 Å². The van der Waals surface area contributed by atoms with Crippen molar-refractivity contribution < 1.29 is 18.0 Å². The summed E-state index contributed by atoms with van der Waals surface area (Å²) in [5, 5.41) is 3.34. The Balaban J connectivity index is 2.21. The van der Waals surface area contributed by atoms with Crippen LogP contribution >= 0.6 is 11.6 Å². The van der Waals surface area contributed by atoms with E-state index in [2.05, 4.69) is 5.32 Å². The number of nitrogens with zero attached hydrogens (tertiary/aromatic N) is 2. The summed E-state index contributed by atoms with van der Waals surface area (Å²) in [6.07, 6.45) is 2.82. The van der Waals surface area contributed by atoms with E-state index >= 15 is 0 Å². The number of aryl methyl sites for hydroxylation is 1. The lowest BCUT2D eigenvalue weighted by Crippen LogP contribution is -2.49. The molecule has 35 heavy (non-hydrogen) atoms. The monoisotopic (exact) mass is 521 g/mol. The van der Waals surface area contributed by atoms with E-state index in [0.29, 0.717) is 36.6 Å². The van der Waals surface area contributed by atoms with E-state index in [4.69, 9.17) is 11.6 Å². The predicted molar refractivity (Wildman–Crippen MR) is 142 cm³/mol. The van der Waals surface area contributed by atoms with Crippen molar-refractivity contribution >= 4 is 39.1 Å². The Labute approximate surface area is 214 Å². The van der Waals surface area contributed by atoms with Gasteiger partial charge in [-0.05, 0) is 55.5 Å². The van der Waals surface area contributed by atoms with E-state index in [1.807, 2.05) is 45.0 Å². The highest BCUT2D eigenvalue weighted by Gasteiger charge is 2.29. The van der Waals surface area contributed by atoms with Gasteiger partial charge in [-0.2, -0.15) is 0 Å². The maximum absolute atomic E-state index is 13.4. The molecule has 2 aromatic rings. The van der Waals surface area contributed by atoms with Gasteiger partial charge in [-0.25, -0.2) is 8.42 Å². The molecule has 0 radical (unpaired) electrons. The quantitative estimate of drug-likeness (QED) is 0.419. The van der Waals surface area contributed by atoms with Gasteiger partial charge in [0.25, 0.3) is 0 Å². The molecule has 0 bridgehead atoms. The number of sulfonamides is 1. The molecule has 2 rings (SSSR count). The standard InChI is InChI=1S/C26H36ClN3O4S/c1-5-16-28-26(32)24(6-2)29(19-21-12-8-7-11-20(21)3)25(31)15-10-17-30(35(4,33)34)23-14-9-13-22(27)18-23/h7-9,11-14,18,24H,5-6,10,15-17,19H2,1-4H3,(H,28,32). The van der Waals surface area contributed by atoms with E-state index in [1.54, 1.807) is 29.2 Å². The minimum atomic E-state index is -3.57. The first-order valence-corrected chi connectivity index (χ1v) is 14.2. The topological polar surface area (TPSA) is 86.8 Å². The lowest BCUT2D eigenvalue weighted by molar-refractivity contribution is -0.141. The SMILES string of the molecule is CCCNC(=O)C(CC)N(Cc1ccccc1C)C(=O)CCCN(c1cccc(Cl)c1)S(C)(=O)=O. The lowest BCUT2D eigenvalue weighted by Gasteiger charge is -2.31. The first-order valence-electron chi connectivity index (χ1n) is 11.9. The van der Waals surface area contributed by atoms with E-state index in [0.717, 1.165) is 23.8 Å². The Morgan fingerprint density at radius 3 is 2.40 bits per heavy atom. The largest absolute Gasteiger partial charge is 0.354 e. The van der Waals surface area contributed by atoms with Gasteiger partial charge >= 0.3 is 0 Å². The van der Waals surface area contributed by atoms with Crippen LogP contribution in [0.1, 0.15) is 50.7 Å². The number of rotatable bonds is 13. The zero-order chi connectivity index (χ0) is 26.0. The van der Waals surface area contributed by atoms with Crippen LogP contribution in [0.4, 0.5) is 5.69 Å². The van der Waals surface area contributed by atoms with Crippen molar-refractivity contribution in [1.82, 2.24) is 10.2 Å². The lowest BCUT2D eigenvalue weighted by atomic mass is 10.1. The zero-order valence-electron chi connectivity index (χ0n) is 21.0. The third-order valence-corrected chi connectivity index (χ3v) is 7.21. The van der Waals surface area contributed by atoms with Gasteiger partial charge in [0.05, 0.1) is 11.9 Å². The highest BCUT2D eigenvalue weighted by molar-refractivity contribution is 7.92. The molecule has 7 nitrogen and oxygen atoms in total. The van der Waals surface area contributed by atoms with Gasteiger partial charge in [0.2, 0.25) is 21.8 Å². The van der Waals surface area contributed by atoms with E-state index in [9.17, 15) is 18.0 Å². The average molecular weight is 522 g/mol. The van der Waals surface area contributed by atoms with Gasteiger partial charge in [0.1, 0.15) is 6.04 Å². The maximum atomic E-state index is 13.4. The summed E-state index contributed by atoms with van der Waals surface area (Å²) in [5.74, 6) is -0.362. The van der Waals surface area contributed by atoms with E-state index < -0.39 is 16.1 Å². The molecule has 1 unspecified atom stereocenters. The van der Waals surface area contributed by atoms with Gasteiger partial charge < -0.3 is 10.2 Å². The number of anilines is 1. The molecule has 0 aliphatic rings. The molecule has 1 N–H and O–H groups in total. The molecule has 0 aliphatic heterocycles. The average Bonchev–Trinajstić information content (AvgIpc) is 2.80. The molecule has 192 valence electrons. The summed E-state index contributed by atoms with van der Waals surface area (Å²) in [7, 11) is -3.57. The van der Waals surface area contributed by atoms with Crippen LogP contribution in [-0.2, 0) is 26.2 Å². The number of carbonyl (C=O) groups excluding carboxylic acids is 2. The molecule has 2 aromatic carbocycles. The number of hydrogen-bond acceptors (Lipinski definition) is 4. The van der Waals surface area contributed by atoms with E-state index in [1.165, 1.54) is 4.31 Å². The minimum Gasteiger partial charge on any atom is -0.354 e. The van der Waals surface area contributed by atoms with Crippen LogP contribution < -0.4 is 9.62 Å². The van der Waals surface area contributed by atoms with Gasteiger partial charge in [-0.3, -0.25) is 13.9 Å². The van der Waals surface area contributed by atoms with Crippen molar-refractivity contribution in [2.75, 3.05) is 23.7 Å². The molecule has 0 saturated heterocycles. The Morgan fingerprint density at radius 2 is 1.80 bits per heavy atom. The van der Waals surface area contributed by atoms with Gasteiger partial charge in [-0.15, -0.1) is 0 Å². The smallest absolute Gasteiger partial charge is 0.242 e. The predicted octanol–water partition coefficient (Wildman–Crippen LogP) is 4.53. The third kappa shape index (κ3) is 8.54. The van der Waals surface area contributed by atoms with Crippen LogP contribution in [0, 0.1) is 6.92 Å². The minimum absolute atomic E-state index is 0.107. The second kappa shape index (κ2) is 13.5. The molecule has 0 spiro atoms. The molecular weight excluding hydrogens is 486 g/mol. The van der Waals surface area contributed by atoms with Crippen LogP contribution in [0.15, 0.2) is 48.5 Å². The Kier molecular flexibility index (Phi) is 11.0. The number of hydrogen-bond donors (Lipinski definition) is 1. The van der Waals surface area contributed by atoms with Gasteiger partial charge in [-0.1, -0.05) is 55.8 Å². The van der Waals surface area contributed by atoms with Crippen molar-refractivity contribution in [2.24, 2.45) is 0 Å². The Morgan fingerprint density at radius 1 is 1.09 bits per heavy atom. The fourth-order valence-corrected chi connectivity index (χ4v) is 5.03. The number of nitrogens with one attached hydrogen (secondary N) is 1. The fraction of sp³-hybridized carbons (Fsp3) is 0.462. The summed E-state index contributed by atoms with van der Waals surface area (Å²) in [6.45, 7) is 6.83. The maximum Gasteiger partial charge on any atom is 0.242 e. The van der Waals surface area contributed by atoms with Crippen molar-refractivity contribution in [3.63, 3.8) is 0 Å². The summed E-state index contributed by atoms with van der Waals surface area (Å²) >= 11 is 6.05. The molecular formula is C26H36ClN3O4S. The molecule has 2 amide bonds. The molecule has 0 heterocycles. The number of benzene rings is 2. The van der Waals surface area contributed by atoms with Crippen LogP contribution in [0.2, 0.25) is 5.02 Å². The summed E-state index contributed by atoms with van der Waals surface area (Å²) in [5.41, 5.74) is 2.47. The van der Waals surface area contributed by atoms with E-state index in [-0.39, 0.29) is 24.8 Å². The van der Waals surface area contributed by atoms with Gasteiger partial charge in [0, 0.05) is 31.1 Å². The second-order valence-electron chi connectivity index (χ2n) is 8.58. The molecule has 0 aliphatic carbocycles. The molecule has 0 saturated carbocycles. The fourth-order valence-electron chi connectivity index (χ4n) is 3.89. The summed E-state index contributed by atoms with van der Waals surface area (Å²) in [6, 6.07) is 13.8. The zero-order valence-corrected chi connectivity index (χ0v) is 22.5. The van der Waals surface area contributed by atoms with Crippen LogP contribution in [-0.4, -0.2) is 50.5 Å². The molecule has 9 heteroatoms. The summed E-state index contributed by atoms with van der Waals surface area (Å²) < 4.78 is 26.1. The highest BCUT2D eigenvalue weighted by atomic mass is 35.5. The van der Waals surface area contributed by atoms with Crippen molar-refractivity contribution in [2.45, 2.75) is 59.0 Å². The number of carbonyl (C=O) groups is 2. The Bertz CT molecular complexity index is 1110. The van der Waals surface area contributed by atoms with Gasteiger partial charge in [0.15, 0.2) is 0 Å². The van der Waals surface area contributed by atoms with Crippen molar-refractivity contribution in [3.8, 4) is 0 Å². The highest BCUT2D eigenvalue weighted by Crippen LogP contribution is 2.23. The number of amides is 2.